The van der Waals surface area contributed by atoms with Gasteiger partial charge in [-0.2, -0.15) is 5.26 Å². The van der Waals surface area contributed by atoms with Crippen LogP contribution in [0.4, 0.5) is 5.69 Å². The Kier molecular flexibility index (Phi) is 4.00. The molecule has 0 unspecified atom stereocenters. The van der Waals surface area contributed by atoms with Gasteiger partial charge in [0, 0.05) is 30.6 Å². The lowest BCUT2D eigenvalue weighted by Crippen LogP contribution is -2.32. The zero-order chi connectivity index (χ0) is 18.6. The van der Waals surface area contributed by atoms with Crippen molar-refractivity contribution in [3.8, 4) is 6.07 Å². The number of aromatic nitrogens is 1. The van der Waals surface area contributed by atoms with Crippen LogP contribution >= 0.6 is 0 Å². The Bertz CT molecular complexity index is 934. The summed E-state index contributed by atoms with van der Waals surface area (Å²) < 4.78 is 6.15. The van der Waals surface area contributed by atoms with Crippen LogP contribution in [-0.4, -0.2) is 48.9 Å². The van der Waals surface area contributed by atoms with Gasteiger partial charge in [-0.25, -0.2) is 4.98 Å². The molecular weight excluding hydrogens is 328 g/mol. The Balaban J connectivity index is 1.96. The highest BCUT2D eigenvalue weighted by Crippen LogP contribution is 2.44. The predicted molar refractivity (Wildman–Crippen MR) is 99.7 cm³/mol. The summed E-state index contributed by atoms with van der Waals surface area (Å²) in [4.78, 5) is 21.6. The summed E-state index contributed by atoms with van der Waals surface area (Å²) in [5.74, 6) is 1.03. The van der Waals surface area contributed by atoms with Crippen LogP contribution < -0.4 is 4.90 Å². The number of Topliss-reactive ketones (excluding diaryl/α,β-unsaturated/α-hetero) is 1. The van der Waals surface area contributed by atoms with Crippen molar-refractivity contribution < 1.29 is 9.21 Å². The normalized spacial score (nSPS) is 20.2. The molecule has 1 saturated heterocycles. The highest BCUT2D eigenvalue weighted by atomic mass is 16.4. The maximum absolute atomic E-state index is 12.5. The Hall–Kier alpha value is -2.39. The molecule has 1 atom stereocenters. The number of likely N-dealkylation sites (N-methyl/N-ethyl adjacent to an activating group) is 1. The lowest BCUT2D eigenvalue weighted by Gasteiger charge is -2.24. The fraction of sp³-hybridized carbons (Fsp3) is 0.550. The number of fused-ring (bicyclic) bond motifs is 1. The quantitative estimate of drug-likeness (QED) is 0.787. The maximum Gasteiger partial charge on any atom is 0.198 e. The Morgan fingerprint density at radius 2 is 2.08 bits per heavy atom. The van der Waals surface area contributed by atoms with Crippen LogP contribution in [-0.2, 0) is 0 Å². The lowest BCUT2D eigenvalue weighted by molar-refractivity contribution is 0.101. The fourth-order valence-electron chi connectivity index (χ4n) is 4.00. The molecule has 2 aliphatic rings. The van der Waals surface area contributed by atoms with Gasteiger partial charge in [0.25, 0.3) is 0 Å². The second kappa shape index (κ2) is 6.10. The number of oxazole rings is 1. The minimum absolute atomic E-state index is 0.0337. The summed E-state index contributed by atoms with van der Waals surface area (Å²) in [7, 11) is 4.17. The molecule has 0 N–H and O–H groups in total. The number of rotatable bonds is 4. The smallest absolute Gasteiger partial charge is 0.198 e. The molecule has 4 rings (SSSR count). The van der Waals surface area contributed by atoms with Gasteiger partial charge in [-0.05, 0) is 52.8 Å². The van der Waals surface area contributed by atoms with E-state index in [4.69, 9.17) is 4.42 Å². The number of nitriles is 1. The number of hydrogen-bond donors (Lipinski definition) is 0. The van der Waals surface area contributed by atoms with Gasteiger partial charge in [-0.15, -0.1) is 0 Å². The number of benzene rings is 1. The molecule has 0 amide bonds. The summed E-state index contributed by atoms with van der Waals surface area (Å²) in [6.07, 6.45) is 3.19. The molecule has 1 aromatic heterocycles. The van der Waals surface area contributed by atoms with Crippen LogP contribution in [0.1, 0.15) is 59.5 Å². The molecule has 2 aromatic rings. The van der Waals surface area contributed by atoms with Crippen LogP contribution in [0.25, 0.3) is 11.1 Å². The largest absolute Gasteiger partial charge is 0.438 e. The number of carbonyl (C=O) groups is 1. The number of carbonyl (C=O) groups excluding carboxylic acids is 1. The summed E-state index contributed by atoms with van der Waals surface area (Å²) in [5, 5.41) is 9.69. The molecule has 2 fully saturated rings. The lowest BCUT2D eigenvalue weighted by atomic mass is 9.96. The van der Waals surface area contributed by atoms with Gasteiger partial charge in [-0.3, -0.25) is 4.79 Å². The van der Waals surface area contributed by atoms with E-state index in [1.165, 1.54) is 0 Å². The van der Waals surface area contributed by atoms with E-state index in [0.29, 0.717) is 45.6 Å². The summed E-state index contributed by atoms with van der Waals surface area (Å²) in [6, 6.07) is 2.69. The van der Waals surface area contributed by atoms with Crippen LogP contribution in [0.15, 0.2) is 4.42 Å². The average Bonchev–Trinajstić information content (AvgIpc) is 3.16. The van der Waals surface area contributed by atoms with Gasteiger partial charge in [0.1, 0.15) is 11.6 Å². The highest BCUT2D eigenvalue weighted by molar-refractivity contribution is 6.09. The standard InChI is InChI=1S/C20H24N4O2/c1-11-15(9-21)17-19(26-20(22-17)13-5-6-13)18(16(11)12(2)25)24-8-7-14(10-24)23(3)4/h13-14H,5-8,10H2,1-4H3/t14-/m0/s1. The van der Waals surface area contributed by atoms with E-state index in [9.17, 15) is 10.1 Å². The molecule has 136 valence electrons. The predicted octanol–water partition coefficient (Wildman–Crippen LogP) is 3.23. The zero-order valence-electron chi connectivity index (χ0n) is 15.8. The van der Waals surface area contributed by atoms with Crippen molar-refractivity contribution >= 4 is 22.6 Å². The maximum atomic E-state index is 12.5. The summed E-state index contributed by atoms with van der Waals surface area (Å²) >= 11 is 0. The van der Waals surface area contributed by atoms with Gasteiger partial charge in [-0.1, -0.05) is 0 Å². The molecule has 1 aromatic carbocycles. The van der Waals surface area contributed by atoms with Gasteiger partial charge in [0.15, 0.2) is 17.3 Å². The van der Waals surface area contributed by atoms with E-state index in [1.54, 1.807) is 6.92 Å². The number of ketones is 1. The SMILES string of the molecule is CC(=O)c1c(C)c(C#N)c2nc(C3CC3)oc2c1N1CC[C@H](N(C)C)C1. The Labute approximate surface area is 153 Å². The van der Waals surface area contributed by atoms with Crippen molar-refractivity contribution in [3.05, 3.63) is 22.6 Å². The van der Waals surface area contributed by atoms with Crippen molar-refractivity contribution in [2.45, 2.75) is 45.1 Å². The van der Waals surface area contributed by atoms with Crippen LogP contribution in [0.3, 0.4) is 0 Å². The van der Waals surface area contributed by atoms with Gasteiger partial charge in [0.2, 0.25) is 0 Å². The minimum atomic E-state index is -0.0337. The van der Waals surface area contributed by atoms with Crippen LogP contribution in [0.2, 0.25) is 0 Å². The van der Waals surface area contributed by atoms with Crippen molar-refractivity contribution in [2.24, 2.45) is 0 Å². The number of anilines is 1. The fourth-order valence-corrected chi connectivity index (χ4v) is 4.00. The number of hydrogen-bond acceptors (Lipinski definition) is 6. The first-order valence-corrected chi connectivity index (χ1v) is 9.21. The highest BCUT2D eigenvalue weighted by Gasteiger charge is 2.35. The molecule has 6 heteroatoms. The molecule has 0 bridgehead atoms. The van der Waals surface area contributed by atoms with Gasteiger partial charge in [0.05, 0.1) is 11.3 Å². The first-order valence-electron chi connectivity index (χ1n) is 9.21. The number of nitrogens with zero attached hydrogens (tertiary/aromatic N) is 4. The second-order valence-electron chi connectivity index (χ2n) is 7.75. The Morgan fingerprint density at radius 3 is 2.62 bits per heavy atom. The third-order valence-electron chi connectivity index (χ3n) is 5.68. The average molecular weight is 352 g/mol. The molecule has 0 spiro atoms. The molecule has 2 heterocycles. The third kappa shape index (κ3) is 2.58. The molecule has 1 saturated carbocycles. The Morgan fingerprint density at radius 1 is 1.35 bits per heavy atom. The first kappa shape index (κ1) is 17.0. The van der Waals surface area contributed by atoms with Crippen LogP contribution in [0, 0.1) is 18.3 Å². The van der Waals surface area contributed by atoms with E-state index in [0.717, 1.165) is 38.0 Å². The third-order valence-corrected chi connectivity index (χ3v) is 5.68. The summed E-state index contributed by atoms with van der Waals surface area (Å²) in [6.45, 7) is 5.12. The molecule has 6 nitrogen and oxygen atoms in total. The minimum Gasteiger partial charge on any atom is -0.438 e. The van der Waals surface area contributed by atoms with Crippen molar-refractivity contribution in [1.82, 2.24) is 9.88 Å². The second-order valence-corrected chi connectivity index (χ2v) is 7.75. The topological polar surface area (TPSA) is 73.4 Å². The van der Waals surface area contributed by atoms with E-state index >= 15 is 0 Å². The molecular formula is C20H24N4O2. The summed E-state index contributed by atoms with van der Waals surface area (Å²) in [5.41, 5.74) is 3.83. The van der Waals surface area contributed by atoms with E-state index in [1.807, 2.05) is 6.92 Å². The van der Waals surface area contributed by atoms with Crippen molar-refractivity contribution in [3.63, 3.8) is 0 Å². The van der Waals surface area contributed by atoms with Gasteiger partial charge < -0.3 is 14.2 Å². The molecule has 1 aliphatic carbocycles. The van der Waals surface area contributed by atoms with E-state index < -0.39 is 0 Å². The van der Waals surface area contributed by atoms with E-state index in [2.05, 4.69) is 34.9 Å². The molecule has 1 aliphatic heterocycles. The van der Waals surface area contributed by atoms with Gasteiger partial charge >= 0.3 is 0 Å². The zero-order valence-corrected chi connectivity index (χ0v) is 15.8. The van der Waals surface area contributed by atoms with Crippen LogP contribution in [0.5, 0.6) is 0 Å². The monoisotopic (exact) mass is 352 g/mol. The van der Waals surface area contributed by atoms with E-state index in [-0.39, 0.29) is 5.78 Å². The van der Waals surface area contributed by atoms with Crippen molar-refractivity contribution in [2.75, 3.05) is 32.1 Å². The molecule has 26 heavy (non-hydrogen) atoms. The van der Waals surface area contributed by atoms with Crippen molar-refractivity contribution in [1.29, 1.82) is 5.26 Å². The first-order chi connectivity index (χ1) is 12.4. The molecule has 0 radical (unpaired) electrons.